The SMILES string of the molecule is Cc1cccc(-n2c(=O)c3ccccc3n(C(C)C(=O)O)c2=O)c1. The molecule has 6 nitrogen and oxygen atoms in total. The molecule has 1 atom stereocenters. The zero-order valence-corrected chi connectivity index (χ0v) is 13.3. The first-order chi connectivity index (χ1) is 11.4. The maximum atomic E-state index is 12.9. The van der Waals surface area contributed by atoms with E-state index in [4.69, 9.17) is 0 Å². The minimum Gasteiger partial charge on any atom is -0.480 e. The number of hydrogen-bond acceptors (Lipinski definition) is 3. The molecule has 0 aliphatic rings. The Bertz CT molecular complexity index is 1060. The van der Waals surface area contributed by atoms with E-state index in [2.05, 4.69) is 0 Å². The zero-order valence-electron chi connectivity index (χ0n) is 13.3. The van der Waals surface area contributed by atoms with E-state index in [9.17, 15) is 19.5 Å². The first kappa shape index (κ1) is 15.7. The van der Waals surface area contributed by atoms with E-state index in [-0.39, 0.29) is 0 Å². The monoisotopic (exact) mass is 324 g/mol. The van der Waals surface area contributed by atoms with Crippen molar-refractivity contribution in [3.05, 3.63) is 74.9 Å². The summed E-state index contributed by atoms with van der Waals surface area (Å²) in [6.07, 6.45) is 0. The van der Waals surface area contributed by atoms with Gasteiger partial charge in [-0.25, -0.2) is 14.2 Å². The van der Waals surface area contributed by atoms with Crippen molar-refractivity contribution in [2.45, 2.75) is 19.9 Å². The van der Waals surface area contributed by atoms with Gasteiger partial charge < -0.3 is 5.11 Å². The summed E-state index contributed by atoms with van der Waals surface area (Å²) in [7, 11) is 0. The topological polar surface area (TPSA) is 81.3 Å². The molecule has 1 N–H and O–H groups in total. The van der Waals surface area contributed by atoms with Gasteiger partial charge in [0.2, 0.25) is 0 Å². The van der Waals surface area contributed by atoms with E-state index in [1.165, 1.54) is 6.92 Å². The van der Waals surface area contributed by atoms with Gasteiger partial charge in [0.05, 0.1) is 16.6 Å². The first-order valence-corrected chi connectivity index (χ1v) is 7.48. The molecule has 24 heavy (non-hydrogen) atoms. The minimum atomic E-state index is -1.14. The lowest BCUT2D eigenvalue weighted by Gasteiger charge is -2.17. The summed E-state index contributed by atoms with van der Waals surface area (Å²) in [5, 5.41) is 9.64. The van der Waals surface area contributed by atoms with Crippen LogP contribution in [-0.2, 0) is 4.79 Å². The van der Waals surface area contributed by atoms with Gasteiger partial charge in [0.15, 0.2) is 0 Å². The van der Waals surface area contributed by atoms with Crippen molar-refractivity contribution in [2.75, 3.05) is 0 Å². The Morgan fingerprint density at radius 3 is 2.46 bits per heavy atom. The third kappa shape index (κ3) is 2.42. The number of aliphatic carboxylic acids is 1. The molecule has 2 aromatic carbocycles. The maximum absolute atomic E-state index is 12.9. The average Bonchev–Trinajstić information content (AvgIpc) is 2.55. The number of para-hydroxylation sites is 1. The Hall–Kier alpha value is -3.15. The number of rotatable bonds is 3. The van der Waals surface area contributed by atoms with Crippen LogP contribution >= 0.6 is 0 Å². The van der Waals surface area contributed by atoms with Gasteiger partial charge >= 0.3 is 11.7 Å². The second-order valence-electron chi connectivity index (χ2n) is 5.66. The fourth-order valence-corrected chi connectivity index (χ4v) is 2.76. The van der Waals surface area contributed by atoms with Crippen LogP contribution in [0.25, 0.3) is 16.6 Å². The second-order valence-corrected chi connectivity index (χ2v) is 5.66. The number of aryl methyl sites for hydroxylation is 1. The normalized spacial score (nSPS) is 12.2. The van der Waals surface area contributed by atoms with Crippen LogP contribution in [0.2, 0.25) is 0 Å². The van der Waals surface area contributed by atoms with Crippen LogP contribution in [0.15, 0.2) is 58.1 Å². The molecule has 6 heteroatoms. The Kier molecular flexibility index (Phi) is 3.81. The number of nitrogens with zero attached hydrogens (tertiary/aromatic N) is 2. The molecule has 0 aliphatic heterocycles. The lowest BCUT2D eigenvalue weighted by molar-refractivity contribution is -0.140. The van der Waals surface area contributed by atoms with Gasteiger partial charge in [-0.2, -0.15) is 0 Å². The molecule has 0 saturated carbocycles. The fraction of sp³-hybridized carbons (Fsp3) is 0.167. The number of hydrogen-bond donors (Lipinski definition) is 1. The van der Waals surface area contributed by atoms with Crippen LogP contribution in [-0.4, -0.2) is 20.2 Å². The van der Waals surface area contributed by atoms with E-state index < -0.39 is 23.3 Å². The van der Waals surface area contributed by atoms with Gasteiger partial charge in [-0.3, -0.25) is 9.36 Å². The molecule has 122 valence electrons. The molecule has 0 aliphatic carbocycles. The molecule has 0 bridgehead atoms. The smallest absolute Gasteiger partial charge is 0.336 e. The molecule has 0 amide bonds. The summed E-state index contributed by atoms with van der Waals surface area (Å²) in [5.74, 6) is -1.14. The number of carbonyl (C=O) groups is 1. The third-order valence-corrected chi connectivity index (χ3v) is 4.00. The standard InChI is InChI=1S/C18H16N2O4/c1-11-6-5-7-13(10-11)20-16(21)14-8-3-4-9-15(14)19(18(20)24)12(2)17(22)23/h3-10,12H,1-2H3,(H,22,23). The van der Waals surface area contributed by atoms with E-state index in [1.54, 1.807) is 42.5 Å². The zero-order chi connectivity index (χ0) is 17.4. The lowest BCUT2D eigenvalue weighted by Crippen LogP contribution is -2.41. The highest BCUT2D eigenvalue weighted by atomic mass is 16.4. The van der Waals surface area contributed by atoms with Crippen LogP contribution in [0.1, 0.15) is 18.5 Å². The van der Waals surface area contributed by atoms with Gasteiger partial charge in [0.1, 0.15) is 6.04 Å². The molecule has 0 radical (unpaired) electrons. The highest BCUT2D eigenvalue weighted by Crippen LogP contribution is 2.15. The number of aromatic nitrogens is 2. The Balaban J connectivity index is 2.50. The van der Waals surface area contributed by atoms with E-state index in [0.29, 0.717) is 16.6 Å². The Morgan fingerprint density at radius 1 is 1.08 bits per heavy atom. The molecule has 1 unspecified atom stereocenters. The molecule has 0 saturated heterocycles. The van der Waals surface area contributed by atoms with Crippen LogP contribution in [0.4, 0.5) is 0 Å². The summed E-state index contributed by atoms with van der Waals surface area (Å²) < 4.78 is 2.16. The van der Waals surface area contributed by atoms with Gasteiger partial charge in [-0.15, -0.1) is 0 Å². The van der Waals surface area contributed by atoms with Crippen molar-refractivity contribution in [3.8, 4) is 5.69 Å². The van der Waals surface area contributed by atoms with Crippen LogP contribution in [0.3, 0.4) is 0 Å². The van der Waals surface area contributed by atoms with Crippen molar-refractivity contribution in [2.24, 2.45) is 0 Å². The van der Waals surface area contributed by atoms with Gasteiger partial charge in [-0.05, 0) is 43.7 Å². The molecule has 0 fully saturated rings. The third-order valence-electron chi connectivity index (χ3n) is 4.00. The highest BCUT2D eigenvalue weighted by Gasteiger charge is 2.21. The number of benzene rings is 2. The number of carboxylic acid groups (broad SMARTS) is 1. The summed E-state index contributed by atoms with van der Waals surface area (Å²) in [6, 6.07) is 12.4. The van der Waals surface area contributed by atoms with Crippen LogP contribution in [0.5, 0.6) is 0 Å². The quantitative estimate of drug-likeness (QED) is 0.800. The van der Waals surface area contributed by atoms with Gasteiger partial charge in [0.25, 0.3) is 5.56 Å². The molecule has 3 aromatic rings. The van der Waals surface area contributed by atoms with Crippen LogP contribution in [0, 0.1) is 6.92 Å². The summed E-state index contributed by atoms with van der Waals surface area (Å²) in [6.45, 7) is 3.27. The highest BCUT2D eigenvalue weighted by molar-refractivity contribution is 5.81. The predicted molar refractivity (Wildman–Crippen MR) is 90.9 cm³/mol. The average molecular weight is 324 g/mol. The van der Waals surface area contributed by atoms with E-state index in [1.807, 2.05) is 13.0 Å². The number of fused-ring (bicyclic) bond motifs is 1. The molecule has 1 aromatic heterocycles. The maximum Gasteiger partial charge on any atom is 0.336 e. The second kappa shape index (κ2) is 5.81. The fourth-order valence-electron chi connectivity index (χ4n) is 2.76. The lowest BCUT2D eigenvalue weighted by atomic mass is 10.2. The summed E-state index contributed by atoms with van der Waals surface area (Å²) >= 11 is 0. The molecular formula is C18H16N2O4. The van der Waals surface area contributed by atoms with Crippen molar-refractivity contribution >= 4 is 16.9 Å². The Morgan fingerprint density at radius 2 is 1.79 bits per heavy atom. The first-order valence-electron chi connectivity index (χ1n) is 7.48. The molecule has 3 rings (SSSR count). The van der Waals surface area contributed by atoms with Crippen molar-refractivity contribution in [3.63, 3.8) is 0 Å². The van der Waals surface area contributed by atoms with Crippen molar-refractivity contribution < 1.29 is 9.90 Å². The minimum absolute atomic E-state index is 0.298. The predicted octanol–water partition coefficient (Wildman–Crippen LogP) is 2.11. The van der Waals surface area contributed by atoms with E-state index in [0.717, 1.165) is 14.7 Å². The van der Waals surface area contributed by atoms with Crippen LogP contribution < -0.4 is 11.2 Å². The largest absolute Gasteiger partial charge is 0.480 e. The van der Waals surface area contributed by atoms with Gasteiger partial charge in [0, 0.05) is 0 Å². The van der Waals surface area contributed by atoms with Crippen molar-refractivity contribution in [1.82, 2.24) is 9.13 Å². The Labute approximate surface area is 137 Å². The van der Waals surface area contributed by atoms with E-state index >= 15 is 0 Å². The van der Waals surface area contributed by atoms with Gasteiger partial charge in [-0.1, -0.05) is 24.3 Å². The van der Waals surface area contributed by atoms with Crippen molar-refractivity contribution in [1.29, 1.82) is 0 Å². The summed E-state index contributed by atoms with van der Waals surface area (Å²) in [5.41, 5.74) is 0.493. The molecule has 0 spiro atoms. The summed E-state index contributed by atoms with van der Waals surface area (Å²) in [4.78, 5) is 37.2. The molecular weight excluding hydrogens is 308 g/mol. The number of carboxylic acids is 1. The molecule has 1 heterocycles.